The van der Waals surface area contributed by atoms with E-state index in [4.69, 9.17) is 25.8 Å². The van der Waals surface area contributed by atoms with E-state index >= 15 is 0 Å². The van der Waals surface area contributed by atoms with Gasteiger partial charge in [0.2, 0.25) is 10.0 Å². The van der Waals surface area contributed by atoms with Gasteiger partial charge in [0.1, 0.15) is 10.6 Å². The summed E-state index contributed by atoms with van der Waals surface area (Å²) in [4.78, 5) is 11.9. The smallest absolute Gasteiger partial charge is 0.258 e. The van der Waals surface area contributed by atoms with Crippen LogP contribution in [0.15, 0.2) is 23.1 Å². The molecule has 1 fully saturated rings. The number of hydrogen-bond acceptors (Lipinski definition) is 6. The van der Waals surface area contributed by atoms with E-state index in [-0.39, 0.29) is 47.3 Å². The van der Waals surface area contributed by atoms with Gasteiger partial charge in [0.15, 0.2) is 6.61 Å². The van der Waals surface area contributed by atoms with Crippen molar-refractivity contribution in [1.82, 2.24) is 9.62 Å². The lowest BCUT2D eigenvalue weighted by Gasteiger charge is -2.26. The van der Waals surface area contributed by atoms with Gasteiger partial charge in [-0.15, -0.1) is 0 Å². The number of benzene rings is 1. The number of halogens is 1. The van der Waals surface area contributed by atoms with Crippen LogP contribution < -0.4 is 10.1 Å². The van der Waals surface area contributed by atoms with Crippen LogP contribution in [0.1, 0.15) is 6.92 Å². The van der Waals surface area contributed by atoms with Gasteiger partial charge in [-0.3, -0.25) is 4.79 Å². The number of hydrogen-bond donors (Lipinski definition) is 1. The molecule has 0 aromatic heterocycles. The second-order valence-corrected chi connectivity index (χ2v) is 8.16. The van der Waals surface area contributed by atoms with Crippen LogP contribution in [0.4, 0.5) is 0 Å². The predicted octanol–water partition coefficient (Wildman–Crippen LogP) is 0.891. The third-order valence-corrected chi connectivity index (χ3v) is 5.83. The predicted molar refractivity (Wildman–Crippen MR) is 96.0 cm³/mol. The number of rotatable bonds is 8. The molecule has 1 aromatic rings. The van der Waals surface area contributed by atoms with Gasteiger partial charge in [-0.25, -0.2) is 8.42 Å². The molecular formula is C16H23ClN2O6S. The lowest BCUT2D eigenvalue weighted by Crippen LogP contribution is -2.41. The highest BCUT2D eigenvalue weighted by atomic mass is 35.5. The standard InChI is InChI=1S/C16H23ClN2O6S/c1-12(10-23-2)18-16(20)11-25-14-4-3-13(17)9-15(14)26(21,22)19-5-7-24-8-6-19/h3-4,9,12H,5-8,10-11H2,1-2H3,(H,18,20)/t12-/m0/s1. The van der Waals surface area contributed by atoms with Gasteiger partial charge in [-0.2, -0.15) is 4.31 Å². The van der Waals surface area contributed by atoms with Crippen LogP contribution in [0.25, 0.3) is 0 Å². The Hall–Kier alpha value is -1.39. The number of carbonyl (C=O) groups excluding carboxylic acids is 1. The van der Waals surface area contributed by atoms with Crippen molar-refractivity contribution in [2.24, 2.45) is 0 Å². The first-order chi connectivity index (χ1) is 12.3. The minimum atomic E-state index is -3.80. The van der Waals surface area contributed by atoms with Crippen molar-refractivity contribution in [2.45, 2.75) is 17.9 Å². The zero-order chi connectivity index (χ0) is 19.2. The average molecular weight is 407 g/mol. The zero-order valence-corrected chi connectivity index (χ0v) is 16.3. The number of nitrogens with zero attached hydrogens (tertiary/aromatic N) is 1. The lowest BCUT2D eigenvalue weighted by atomic mass is 10.3. The van der Waals surface area contributed by atoms with E-state index < -0.39 is 10.0 Å². The maximum absolute atomic E-state index is 12.9. The first kappa shape index (κ1) is 20.9. The number of sulfonamides is 1. The van der Waals surface area contributed by atoms with Crippen LogP contribution in [-0.2, 0) is 24.3 Å². The van der Waals surface area contributed by atoms with Crippen LogP contribution in [0.2, 0.25) is 5.02 Å². The number of ether oxygens (including phenoxy) is 3. The molecule has 1 heterocycles. The molecular weight excluding hydrogens is 384 g/mol. The van der Waals surface area contributed by atoms with E-state index in [0.29, 0.717) is 19.8 Å². The number of nitrogens with one attached hydrogen (secondary N) is 1. The summed E-state index contributed by atoms with van der Waals surface area (Å²) in [5, 5.41) is 2.96. The van der Waals surface area contributed by atoms with Crippen LogP contribution in [0.5, 0.6) is 5.75 Å². The first-order valence-electron chi connectivity index (χ1n) is 8.13. The Labute approximate surface area is 158 Å². The highest BCUT2D eigenvalue weighted by Crippen LogP contribution is 2.30. The van der Waals surface area contributed by atoms with Gasteiger partial charge in [0.25, 0.3) is 5.91 Å². The Kier molecular flexibility index (Phi) is 7.66. The molecule has 0 spiro atoms. The van der Waals surface area contributed by atoms with E-state index in [2.05, 4.69) is 5.32 Å². The van der Waals surface area contributed by atoms with Gasteiger partial charge >= 0.3 is 0 Å². The molecule has 10 heteroatoms. The van der Waals surface area contributed by atoms with Gasteiger partial charge in [0, 0.05) is 31.3 Å². The topological polar surface area (TPSA) is 94.2 Å². The minimum Gasteiger partial charge on any atom is -0.482 e. The fraction of sp³-hybridized carbons (Fsp3) is 0.562. The number of amides is 1. The second-order valence-electron chi connectivity index (χ2n) is 5.82. The van der Waals surface area contributed by atoms with Crippen molar-refractivity contribution in [3.8, 4) is 5.75 Å². The molecule has 146 valence electrons. The molecule has 0 radical (unpaired) electrons. The molecule has 1 atom stereocenters. The Morgan fingerprint density at radius 3 is 2.73 bits per heavy atom. The Morgan fingerprint density at radius 2 is 2.08 bits per heavy atom. The first-order valence-corrected chi connectivity index (χ1v) is 9.95. The Balaban J connectivity index is 2.13. The van der Waals surface area contributed by atoms with E-state index in [1.165, 1.54) is 29.6 Å². The fourth-order valence-corrected chi connectivity index (χ4v) is 4.28. The lowest BCUT2D eigenvalue weighted by molar-refractivity contribution is -0.124. The monoisotopic (exact) mass is 406 g/mol. The largest absolute Gasteiger partial charge is 0.482 e. The Bertz CT molecular complexity index is 721. The zero-order valence-electron chi connectivity index (χ0n) is 14.7. The molecule has 1 amide bonds. The molecule has 1 aliphatic rings. The summed E-state index contributed by atoms with van der Waals surface area (Å²) in [6.07, 6.45) is 0. The van der Waals surface area contributed by atoms with Crippen molar-refractivity contribution in [1.29, 1.82) is 0 Å². The summed E-state index contributed by atoms with van der Waals surface area (Å²) in [7, 11) is -2.27. The van der Waals surface area contributed by atoms with E-state index in [9.17, 15) is 13.2 Å². The van der Waals surface area contributed by atoms with Crippen molar-refractivity contribution < 1.29 is 27.4 Å². The summed E-state index contributed by atoms with van der Waals surface area (Å²) < 4.78 is 42.7. The highest BCUT2D eigenvalue weighted by molar-refractivity contribution is 7.89. The summed E-state index contributed by atoms with van der Waals surface area (Å²) in [6.45, 7) is 3.00. The van der Waals surface area contributed by atoms with E-state index in [1.807, 2.05) is 0 Å². The third kappa shape index (κ3) is 5.55. The molecule has 1 aromatic carbocycles. The summed E-state index contributed by atoms with van der Waals surface area (Å²) in [5.74, 6) is -0.297. The Morgan fingerprint density at radius 1 is 1.38 bits per heavy atom. The summed E-state index contributed by atoms with van der Waals surface area (Å²) >= 11 is 5.97. The number of carbonyl (C=O) groups is 1. The molecule has 1 N–H and O–H groups in total. The SMILES string of the molecule is COC[C@H](C)NC(=O)COc1ccc(Cl)cc1S(=O)(=O)N1CCOCC1. The maximum Gasteiger partial charge on any atom is 0.258 e. The van der Waals surface area contributed by atoms with Gasteiger partial charge in [0.05, 0.1) is 19.8 Å². The molecule has 8 nitrogen and oxygen atoms in total. The molecule has 1 saturated heterocycles. The summed E-state index contributed by atoms with van der Waals surface area (Å²) in [5.41, 5.74) is 0. The van der Waals surface area contributed by atoms with Crippen LogP contribution in [0.3, 0.4) is 0 Å². The minimum absolute atomic E-state index is 0.0651. The normalized spacial score (nSPS) is 16.9. The molecule has 26 heavy (non-hydrogen) atoms. The number of morpholine rings is 1. The van der Waals surface area contributed by atoms with Crippen molar-refractivity contribution in [2.75, 3.05) is 46.6 Å². The molecule has 0 bridgehead atoms. The fourth-order valence-electron chi connectivity index (χ4n) is 2.48. The van der Waals surface area contributed by atoms with Crippen molar-refractivity contribution >= 4 is 27.5 Å². The van der Waals surface area contributed by atoms with Crippen LogP contribution >= 0.6 is 11.6 Å². The third-order valence-electron chi connectivity index (χ3n) is 3.68. The van der Waals surface area contributed by atoms with E-state index in [0.717, 1.165) is 0 Å². The molecule has 0 unspecified atom stereocenters. The molecule has 1 aliphatic heterocycles. The molecule has 2 rings (SSSR count). The highest BCUT2D eigenvalue weighted by Gasteiger charge is 2.29. The van der Waals surface area contributed by atoms with Crippen LogP contribution in [0, 0.1) is 0 Å². The molecule has 0 aliphatic carbocycles. The number of methoxy groups -OCH3 is 1. The van der Waals surface area contributed by atoms with Gasteiger partial charge < -0.3 is 19.5 Å². The van der Waals surface area contributed by atoms with Crippen LogP contribution in [-0.4, -0.2) is 71.3 Å². The van der Waals surface area contributed by atoms with Gasteiger partial charge in [-0.1, -0.05) is 11.6 Å². The van der Waals surface area contributed by atoms with E-state index in [1.54, 1.807) is 6.92 Å². The van der Waals surface area contributed by atoms with Crippen molar-refractivity contribution in [3.63, 3.8) is 0 Å². The second kappa shape index (κ2) is 9.52. The quantitative estimate of drug-likeness (QED) is 0.689. The van der Waals surface area contributed by atoms with Crippen molar-refractivity contribution in [3.05, 3.63) is 23.2 Å². The average Bonchev–Trinajstić information content (AvgIpc) is 2.61. The molecule has 0 saturated carbocycles. The van der Waals surface area contributed by atoms with Gasteiger partial charge in [-0.05, 0) is 25.1 Å². The maximum atomic E-state index is 12.9. The summed E-state index contributed by atoms with van der Waals surface area (Å²) in [6, 6.07) is 4.10.